The molecule has 1 aromatic heterocycles. The van der Waals surface area contributed by atoms with Gasteiger partial charge in [-0.25, -0.2) is 4.98 Å². The lowest BCUT2D eigenvalue weighted by molar-refractivity contribution is -0.387. The summed E-state index contributed by atoms with van der Waals surface area (Å²) in [6.07, 6.45) is 1.66. The van der Waals surface area contributed by atoms with Gasteiger partial charge in [-0.1, -0.05) is 89.9 Å². The molecule has 1 saturated heterocycles. The lowest BCUT2D eigenvalue weighted by Gasteiger charge is -2.15. The van der Waals surface area contributed by atoms with Gasteiger partial charge in [-0.15, -0.1) is 5.10 Å². The standard InChI is InChI=1S/C32H22Cl2N6O3S2/c33-23-12-13-24(25(34)17-23)29-36-31(38-37-29)44-27-14-11-22(15-26(27)40(42)43)16-28-30(41)39(19-21-9-5-2-6-10-21)32(45-28)35-18-20-7-3-1-4-8-20/h1-17H,18-19H2,(H,36,37,38)/b28-16+,35-32?. The number of amidine groups is 1. The van der Waals surface area contributed by atoms with E-state index >= 15 is 0 Å². The second-order valence-corrected chi connectivity index (χ2v) is 12.6. The highest BCUT2D eigenvalue weighted by molar-refractivity contribution is 8.18. The van der Waals surface area contributed by atoms with Crippen molar-refractivity contribution in [2.24, 2.45) is 4.99 Å². The number of rotatable bonds is 9. The van der Waals surface area contributed by atoms with Crippen molar-refractivity contribution in [2.45, 2.75) is 23.1 Å². The lowest BCUT2D eigenvalue weighted by atomic mass is 10.1. The molecule has 0 bridgehead atoms. The fourth-order valence-electron chi connectivity index (χ4n) is 4.47. The van der Waals surface area contributed by atoms with E-state index in [9.17, 15) is 14.9 Å². The summed E-state index contributed by atoms with van der Waals surface area (Å²) in [5.41, 5.74) is 2.96. The molecule has 224 valence electrons. The number of nitro benzene ring substituents is 1. The van der Waals surface area contributed by atoms with Gasteiger partial charge in [0, 0.05) is 16.7 Å². The summed E-state index contributed by atoms with van der Waals surface area (Å²) < 4.78 is 0. The first-order valence-corrected chi connectivity index (χ1v) is 15.9. The van der Waals surface area contributed by atoms with Crippen molar-refractivity contribution in [3.8, 4) is 11.4 Å². The molecule has 1 amide bonds. The summed E-state index contributed by atoms with van der Waals surface area (Å²) in [5, 5.41) is 20.8. The zero-order valence-corrected chi connectivity index (χ0v) is 26.4. The van der Waals surface area contributed by atoms with Gasteiger partial charge in [0.25, 0.3) is 11.6 Å². The Labute approximate surface area is 276 Å². The largest absolute Gasteiger partial charge is 0.283 e. The van der Waals surface area contributed by atoms with E-state index in [1.165, 1.54) is 17.8 Å². The average molecular weight is 674 g/mol. The van der Waals surface area contributed by atoms with Crippen molar-refractivity contribution in [2.75, 3.05) is 0 Å². The normalized spacial score (nSPS) is 14.9. The van der Waals surface area contributed by atoms with E-state index in [1.807, 2.05) is 60.7 Å². The topological polar surface area (TPSA) is 117 Å². The van der Waals surface area contributed by atoms with Crippen molar-refractivity contribution in [1.29, 1.82) is 0 Å². The van der Waals surface area contributed by atoms with Crippen LogP contribution in [0.2, 0.25) is 10.0 Å². The number of hydrogen-bond donors (Lipinski definition) is 1. The van der Waals surface area contributed by atoms with Crippen LogP contribution in [0.5, 0.6) is 0 Å². The number of nitrogens with one attached hydrogen (secondary N) is 1. The van der Waals surface area contributed by atoms with E-state index in [2.05, 4.69) is 15.2 Å². The van der Waals surface area contributed by atoms with Crippen LogP contribution >= 0.6 is 46.7 Å². The Morgan fingerprint density at radius 3 is 2.42 bits per heavy atom. The molecular weight excluding hydrogens is 651 g/mol. The fraction of sp³-hybridized carbons (Fsp3) is 0.0625. The monoisotopic (exact) mass is 672 g/mol. The Morgan fingerprint density at radius 1 is 0.978 bits per heavy atom. The maximum Gasteiger partial charge on any atom is 0.283 e. The van der Waals surface area contributed by atoms with E-state index in [1.54, 1.807) is 41.3 Å². The number of aromatic amines is 1. The molecular formula is C32H22Cl2N6O3S2. The van der Waals surface area contributed by atoms with Gasteiger partial charge < -0.3 is 0 Å². The van der Waals surface area contributed by atoms with Gasteiger partial charge in [-0.3, -0.25) is 29.9 Å². The maximum absolute atomic E-state index is 13.6. The molecule has 0 spiro atoms. The maximum atomic E-state index is 13.6. The van der Waals surface area contributed by atoms with Crippen LogP contribution in [0.4, 0.5) is 5.69 Å². The fourth-order valence-corrected chi connectivity index (χ4v) is 6.74. The molecule has 1 fully saturated rings. The summed E-state index contributed by atoms with van der Waals surface area (Å²) >= 11 is 14.6. The molecule has 0 aliphatic carbocycles. The van der Waals surface area contributed by atoms with Gasteiger partial charge in [0.05, 0.1) is 32.8 Å². The molecule has 9 nitrogen and oxygen atoms in total. The molecule has 13 heteroatoms. The number of halogens is 2. The van der Waals surface area contributed by atoms with Gasteiger partial charge >= 0.3 is 0 Å². The summed E-state index contributed by atoms with van der Waals surface area (Å²) in [6, 6.07) is 29.2. The zero-order chi connectivity index (χ0) is 31.3. The number of carbonyl (C=O) groups excluding carboxylic acids is 1. The van der Waals surface area contributed by atoms with E-state index in [4.69, 9.17) is 28.2 Å². The minimum Gasteiger partial charge on any atom is -0.282 e. The van der Waals surface area contributed by atoms with E-state index in [-0.39, 0.29) is 16.8 Å². The minimum absolute atomic E-state index is 0.139. The first-order valence-electron chi connectivity index (χ1n) is 13.5. The Balaban J connectivity index is 1.26. The number of aliphatic imine (C=N–C) groups is 1. The average Bonchev–Trinajstić information content (AvgIpc) is 3.61. The van der Waals surface area contributed by atoms with E-state index < -0.39 is 4.92 Å². The number of amides is 1. The van der Waals surface area contributed by atoms with Crippen LogP contribution in [0.3, 0.4) is 0 Å². The number of nitro groups is 1. The smallest absolute Gasteiger partial charge is 0.282 e. The van der Waals surface area contributed by atoms with Crippen LogP contribution in [0, 0.1) is 10.1 Å². The van der Waals surface area contributed by atoms with Gasteiger partial charge in [-0.2, -0.15) is 0 Å². The minimum atomic E-state index is -0.466. The second kappa shape index (κ2) is 13.7. The number of thioether (sulfide) groups is 1. The summed E-state index contributed by atoms with van der Waals surface area (Å²) in [5.74, 6) is 0.190. The first-order chi connectivity index (χ1) is 21.8. The van der Waals surface area contributed by atoms with E-state index in [0.717, 1.165) is 22.9 Å². The van der Waals surface area contributed by atoms with Crippen molar-refractivity contribution in [3.05, 3.63) is 139 Å². The Hall–Kier alpha value is -4.42. The molecule has 1 aliphatic heterocycles. The van der Waals surface area contributed by atoms with Gasteiger partial charge in [0.2, 0.25) is 5.16 Å². The third-order valence-electron chi connectivity index (χ3n) is 6.64. The Bertz CT molecular complexity index is 1950. The molecule has 0 unspecified atom stereocenters. The highest BCUT2D eigenvalue weighted by atomic mass is 35.5. The summed E-state index contributed by atoms with van der Waals surface area (Å²) in [4.78, 5) is 36.8. The van der Waals surface area contributed by atoms with Gasteiger partial charge in [0.15, 0.2) is 11.0 Å². The van der Waals surface area contributed by atoms with Gasteiger partial charge in [0.1, 0.15) is 0 Å². The number of aromatic nitrogens is 3. The molecule has 2 heterocycles. The molecule has 4 aromatic carbocycles. The van der Waals surface area contributed by atoms with Crippen molar-refractivity contribution in [3.63, 3.8) is 0 Å². The Kier molecular flexibility index (Phi) is 9.31. The molecule has 6 rings (SSSR count). The number of benzene rings is 4. The summed E-state index contributed by atoms with van der Waals surface area (Å²) in [7, 11) is 0. The third-order valence-corrected chi connectivity index (χ3v) is 9.16. The Morgan fingerprint density at radius 2 is 1.71 bits per heavy atom. The predicted molar refractivity (Wildman–Crippen MR) is 179 cm³/mol. The second-order valence-electron chi connectivity index (χ2n) is 9.75. The van der Waals surface area contributed by atoms with Crippen LogP contribution in [0.15, 0.2) is 117 Å². The number of nitrogens with zero attached hydrogens (tertiary/aromatic N) is 5. The quantitative estimate of drug-likeness (QED) is 0.0947. The molecule has 5 aromatic rings. The van der Waals surface area contributed by atoms with Crippen LogP contribution < -0.4 is 0 Å². The SMILES string of the molecule is O=C1/C(=C\c2ccc(Sc3n[nH]c(-c4ccc(Cl)cc4Cl)n3)c([N+](=O)[O-])c2)SC(=NCc2ccccc2)N1Cc1ccccc1. The number of H-pyrrole nitrogens is 1. The van der Waals surface area contributed by atoms with Crippen LogP contribution in [-0.4, -0.2) is 36.1 Å². The molecule has 45 heavy (non-hydrogen) atoms. The van der Waals surface area contributed by atoms with Crippen LogP contribution in [0.25, 0.3) is 17.5 Å². The van der Waals surface area contributed by atoms with Gasteiger partial charge in [-0.05, 0) is 70.6 Å². The molecule has 1 N–H and O–H groups in total. The number of carbonyl (C=O) groups is 1. The van der Waals surface area contributed by atoms with Crippen LogP contribution in [0.1, 0.15) is 16.7 Å². The predicted octanol–water partition coefficient (Wildman–Crippen LogP) is 8.51. The summed E-state index contributed by atoms with van der Waals surface area (Å²) in [6.45, 7) is 0.771. The first kappa shape index (κ1) is 30.6. The lowest BCUT2D eigenvalue weighted by Crippen LogP contribution is -2.28. The third kappa shape index (κ3) is 7.29. The van der Waals surface area contributed by atoms with Crippen molar-refractivity contribution in [1.82, 2.24) is 20.1 Å². The highest BCUT2D eigenvalue weighted by Gasteiger charge is 2.33. The highest BCUT2D eigenvalue weighted by Crippen LogP contribution is 2.38. The zero-order valence-electron chi connectivity index (χ0n) is 23.3. The van der Waals surface area contributed by atoms with Crippen LogP contribution in [-0.2, 0) is 17.9 Å². The molecule has 0 radical (unpaired) electrons. The van der Waals surface area contributed by atoms with Crippen molar-refractivity contribution >= 4 is 69.6 Å². The van der Waals surface area contributed by atoms with Crippen molar-refractivity contribution < 1.29 is 9.72 Å². The molecule has 1 aliphatic rings. The number of hydrogen-bond acceptors (Lipinski definition) is 8. The molecule has 0 saturated carbocycles. The van der Waals surface area contributed by atoms with E-state index in [0.29, 0.717) is 55.1 Å². The molecule has 0 atom stereocenters.